The lowest BCUT2D eigenvalue weighted by molar-refractivity contribution is -0.385. The Morgan fingerprint density at radius 2 is 2.33 bits per heavy atom. The van der Waals surface area contributed by atoms with Crippen LogP contribution in [0.25, 0.3) is 0 Å². The molecule has 0 amide bonds. The Labute approximate surface area is 105 Å². The molecular weight excluding hydrogens is 232 g/mol. The summed E-state index contributed by atoms with van der Waals surface area (Å²) in [7, 11) is 0. The molecule has 94 valence electrons. The molecule has 0 aliphatic carbocycles. The van der Waals surface area contributed by atoms with Crippen LogP contribution in [0.1, 0.15) is 18.9 Å². The molecule has 1 aromatic rings. The Hall–Kier alpha value is -2.13. The predicted octanol–water partition coefficient (Wildman–Crippen LogP) is 1.39. The van der Waals surface area contributed by atoms with Crippen LogP contribution in [0, 0.1) is 21.4 Å². The number of hydrogen-bond donors (Lipinski definition) is 1. The van der Waals surface area contributed by atoms with Crippen LogP contribution in [0.4, 0.5) is 11.4 Å². The normalized spacial score (nSPS) is 22.8. The number of hydrogen-bond acceptors (Lipinski definition) is 5. The number of nitrogens with two attached hydrogens (primary N) is 1. The standard InChI is InChI=1S/C12H14N4O2/c1-8-11(14)4-5-15(8)10-2-3-12(16(17)18)9(6-10)7-13/h2-3,6,8,11H,4-5,14H2,1H3. The Morgan fingerprint density at radius 1 is 1.61 bits per heavy atom. The van der Waals surface area contributed by atoms with Crippen molar-refractivity contribution in [1.29, 1.82) is 5.26 Å². The Bertz CT molecular complexity index is 523. The number of nitro groups is 1. The van der Waals surface area contributed by atoms with E-state index >= 15 is 0 Å². The zero-order valence-electron chi connectivity index (χ0n) is 10.0. The highest BCUT2D eigenvalue weighted by molar-refractivity contribution is 5.60. The lowest BCUT2D eigenvalue weighted by Crippen LogP contribution is -2.36. The van der Waals surface area contributed by atoms with Crippen molar-refractivity contribution in [3.8, 4) is 6.07 Å². The van der Waals surface area contributed by atoms with Gasteiger partial charge in [-0.15, -0.1) is 0 Å². The maximum absolute atomic E-state index is 10.8. The summed E-state index contributed by atoms with van der Waals surface area (Å²) in [5.41, 5.74) is 6.69. The van der Waals surface area contributed by atoms with E-state index < -0.39 is 4.92 Å². The molecule has 2 rings (SSSR count). The van der Waals surface area contributed by atoms with Crippen LogP contribution in [0.15, 0.2) is 18.2 Å². The molecule has 1 heterocycles. The molecule has 6 nitrogen and oxygen atoms in total. The molecule has 2 atom stereocenters. The molecule has 0 bridgehead atoms. The van der Waals surface area contributed by atoms with Crippen molar-refractivity contribution < 1.29 is 4.92 Å². The van der Waals surface area contributed by atoms with E-state index in [0.717, 1.165) is 18.7 Å². The minimum Gasteiger partial charge on any atom is -0.367 e. The number of rotatable bonds is 2. The second kappa shape index (κ2) is 4.63. The minimum atomic E-state index is -0.540. The van der Waals surface area contributed by atoms with Crippen LogP contribution >= 0.6 is 0 Å². The van der Waals surface area contributed by atoms with Gasteiger partial charge in [0.2, 0.25) is 0 Å². The monoisotopic (exact) mass is 246 g/mol. The molecule has 1 fully saturated rings. The van der Waals surface area contributed by atoms with Gasteiger partial charge in [-0.25, -0.2) is 0 Å². The zero-order valence-corrected chi connectivity index (χ0v) is 10.0. The first kappa shape index (κ1) is 12.3. The van der Waals surface area contributed by atoms with Gasteiger partial charge in [0.05, 0.1) is 4.92 Å². The summed E-state index contributed by atoms with van der Waals surface area (Å²) < 4.78 is 0. The maximum atomic E-state index is 10.8. The summed E-state index contributed by atoms with van der Waals surface area (Å²) in [6, 6.07) is 6.76. The van der Waals surface area contributed by atoms with Crippen molar-refractivity contribution >= 4 is 11.4 Å². The molecule has 0 aromatic heterocycles. The molecule has 1 aliphatic heterocycles. The molecule has 0 spiro atoms. The summed E-state index contributed by atoms with van der Waals surface area (Å²) in [6.07, 6.45) is 0.889. The highest BCUT2D eigenvalue weighted by Gasteiger charge is 2.28. The summed E-state index contributed by atoms with van der Waals surface area (Å²) in [5.74, 6) is 0. The van der Waals surface area contributed by atoms with Crippen LogP contribution in [-0.2, 0) is 0 Å². The van der Waals surface area contributed by atoms with Gasteiger partial charge in [0, 0.05) is 30.4 Å². The molecule has 0 saturated carbocycles. The van der Waals surface area contributed by atoms with Crippen LogP contribution in [0.3, 0.4) is 0 Å². The summed E-state index contributed by atoms with van der Waals surface area (Å²) in [6.45, 7) is 2.83. The van der Waals surface area contributed by atoms with E-state index in [1.165, 1.54) is 6.07 Å². The van der Waals surface area contributed by atoms with Crippen LogP contribution < -0.4 is 10.6 Å². The van der Waals surface area contributed by atoms with Gasteiger partial charge in [-0.05, 0) is 25.5 Å². The lowest BCUT2D eigenvalue weighted by Gasteiger charge is -2.25. The molecule has 1 aliphatic rings. The molecule has 18 heavy (non-hydrogen) atoms. The zero-order chi connectivity index (χ0) is 13.3. The van der Waals surface area contributed by atoms with Crippen molar-refractivity contribution in [2.75, 3.05) is 11.4 Å². The average Bonchev–Trinajstić information content (AvgIpc) is 2.69. The van der Waals surface area contributed by atoms with Gasteiger partial charge in [-0.2, -0.15) is 5.26 Å². The third-order valence-electron chi connectivity index (χ3n) is 3.44. The molecule has 6 heteroatoms. The predicted molar refractivity (Wildman–Crippen MR) is 67.2 cm³/mol. The van der Waals surface area contributed by atoms with Crippen molar-refractivity contribution in [2.24, 2.45) is 5.73 Å². The molecule has 0 radical (unpaired) electrons. The highest BCUT2D eigenvalue weighted by atomic mass is 16.6. The fourth-order valence-corrected chi connectivity index (χ4v) is 2.28. The first-order valence-electron chi connectivity index (χ1n) is 5.75. The summed E-state index contributed by atoms with van der Waals surface area (Å²) in [5, 5.41) is 19.7. The number of nitro benzene ring substituents is 1. The maximum Gasteiger partial charge on any atom is 0.287 e. The van der Waals surface area contributed by atoms with Crippen molar-refractivity contribution in [2.45, 2.75) is 25.4 Å². The van der Waals surface area contributed by atoms with E-state index in [1.54, 1.807) is 12.1 Å². The fraction of sp³-hybridized carbons (Fsp3) is 0.417. The van der Waals surface area contributed by atoms with Crippen molar-refractivity contribution in [3.05, 3.63) is 33.9 Å². The van der Waals surface area contributed by atoms with Gasteiger partial charge in [-0.1, -0.05) is 0 Å². The van der Waals surface area contributed by atoms with E-state index in [9.17, 15) is 10.1 Å². The third kappa shape index (κ3) is 2.00. The minimum absolute atomic E-state index is 0.0881. The number of nitriles is 1. The topological polar surface area (TPSA) is 96.2 Å². The number of benzene rings is 1. The highest BCUT2D eigenvalue weighted by Crippen LogP contribution is 2.29. The van der Waals surface area contributed by atoms with Gasteiger partial charge in [0.25, 0.3) is 5.69 Å². The Balaban J connectivity index is 2.37. The van der Waals surface area contributed by atoms with Crippen molar-refractivity contribution in [3.63, 3.8) is 0 Å². The molecule has 2 unspecified atom stereocenters. The lowest BCUT2D eigenvalue weighted by atomic mass is 10.1. The summed E-state index contributed by atoms with van der Waals surface area (Å²) >= 11 is 0. The van der Waals surface area contributed by atoms with Gasteiger partial charge in [0.15, 0.2) is 0 Å². The SMILES string of the molecule is CC1C(N)CCN1c1ccc([N+](=O)[O-])c(C#N)c1. The average molecular weight is 246 g/mol. The van der Waals surface area contributed by atoms with Crippen LogP contribution in [0.2, 0.25) is 0 Å². The Kier molecular flexibility index (Phi) is 3.17. The molecule has 1 aromatic carbocycles. The number of nitrogens with zero attached hydrogens (tertiary/aromatic N) is 3. The van der Waals surface area contributed by atoms with Gasteiger partial charge >= 0.3 is 0 Å². The first-order chi connectivity index (χ1) is 8.54. The summed E-state index contributed by atoms with van der Waals surface area (Å²) in [4.78, 5) is 12.3. The van der Waals surface area contributed by atoms with Gasteiger partial charge in [0.1, 0.15) is 11.6 Å². The quantitative estimate of drug-likeness (QED) is 0.628. The Morgan fingerprint density at radius 3 is 2.83 bits per heavy atom. The smallest absolute Gasteiger partial charge is 0.287 e. The third-order valence-corrected chi connectivity index (χ3v) is 3.44. The van der Waals surface area contributed by atoms with E-state index in [0.29, 0.717) is 0 Å². The van der Waals surface area contributed by atoms with E-state index in [1.807, 2.05) is 13.0 Å². The molecule has 1 saturated heterocycles. The van der Waals surface area contributed by atoms with E-state index in [2.05, 4.69) is 4.90 Å². The second-order valence-electron chi connectivity index (χ2n) is 4.46. The van der Waals surface area contributed by atoms with Gasteiger partial charge < -0.3 is 10.6 Å². The van der Waals surface area contributed by atoms with Gasteiger partial charge in [-0.3, -0.25) is 10.1 Å². The first-order valence-corrected chi connectivity index (χ1v) is 5.75. The number of anilines is 1. The van der Waals surface area contributed by atoms with Crippen molar-refractivity contribution in [1.82, 2.24) is 0 Å². The second-order valence-corrected chi connectivity index (χ2v) is 4.46. The fourth-order valence-electron chi connectivity index (χ4n) is 2.28. The largest absolute Gasteiger partial charge is 0.367 e. The van der Waals surface area contributed by atoms with Crippen LogP contribution in [0.5, 0.6) is 0 Å². The van der Waals surface area contributed by atoms with E-state index in [-0.39, 0.29) is 23.3 Å². The molecular formula is C12H14N4O2. The van der Waals surface area contributed by atoms with E-state index in [4.69, 9.17) is 11.0 Å². The molecule has 2 N–H and O–H groups in total. The van der Waals surface area contributed by atoms with Crippen LogP contribution in [-0.4, -0.2) is 23.6 Å².